The molecule has 0 amide bonds. The molecule has 0 bridgehead atoms. The number of nitrogens with zero attached hydrogens (tertiary/aromatic N) is 2. The van der Waals surface area contributed by atoms with Crippen LogP contribution in [0.5, 0.6) is 0 Å². The van der Waals surface area contributed by atoms with Crippen LogP contribution < -0.4 is 5.32 Å². The summed E-state index contributed by atoms with van der Waals surface area (Å²) in [6.07, 6.45) is 1.92. The highest BCUT2D eigenvalue weighted by molar-refractivity contribution is 9.10. The summed E-state index contributed by atoms with van der Waals surface area (Å²) in [5.41, 5.74) is 6.15. The number of carbonyl (C=O) groups is 2. The van der Waals surface area contributed by atoms with Crippen molar-refractivity contribution in [2.24, 2.45) is 7.05 Å². The Balaban J connectivity index is 0.000000438. The van der Waals surface area contributed by atoms with Crippen LogP contribution in [0.2, 0.25) is 0 Å². The van der Waals surface area contributed by atoms with E-state index < -0.39 is 11.9 Å². The lowest BCUT2D eigenvalue weighted by molar-refractivity contribution is -0.159. The lowest BCUT2D eigenvalue weighted by atomic mass is 10.0. The van der Waals surface area contributed by atoms with Crippen LogP contribution in [0, 0.1) is 13.8 Å². The van der Waals surface area contributed by atoms with E-state index in [0.29, 0.717) is 0 Å². The molecule has 0 aliphatic rings. The van der Waals surface area contributed by atoms with Gasteiger partial charge in [-0.3, -0.25) is 0 Å². The molecular formula is C21H22BrN3O4. The van der Waals surface area contributed by atoms with Gasteiger partial charge in [-0.15, -0.1) is 0 Å². The van der Waals surface area contributed by atoms with Crippen molar-refractivity contribution >= 4 is 33.8 Å². The first kappa shape index (κ1) is 22.2. The van der Waals surface area contributed by atoms with Crippen molar-refractivity contribution in [3.8, 4) is 11.3 Å². The molecule has 0 aliphatic carbocycles. The number of aryl methyl sites for hydroxylation is 2. The first-order valence-corrected chi connectivity index (χ1v) is 9.52. The van der Waals surface area contributed by atoms with Gasteiger partial charge in [0.15, 0.2) is 0 Å². The van der Waals surface area contributed by atoms with Crippen LogP contribution in [-0.2, 0) is 23.2 Å². The third kappa shape index (κ3) is 6.18. The molecule has 0 spiro atoms. The lowest BCUT2D eigenvalue weighted by Gasteiger charge is -2.10. The maximum absolute atomic E-state index is 9.10. The summed E-state index contributed by atoms with van der Waals surface area (Å²) in [7, 11) is 2.04. The van der Waals surface area contributed by atoms with Gasteiger partial charge in [0, 0.05) is 23.6 Å². The molecule has 3 rings (SSSR count). The number of aliphatic carboxylic acids is 2. The molecule has 0 saturated carbocycles. The standard InChI is InChI=1S/C19H20BrN3.C2H2O4/c1-13-4-7-16(10-14(13)2)18-12-22-19(23(18)3)21-11-15-5-8-17(20)9-6-15;3-1(4)2(5)6/h4-10,12H,11H2,1-3H3,(H,21,22);(H,3,4)(H,5,6). The van der Waals surface area contributed by atoms with E-state index in [4.69, 9.17) is 19.8 Å². The van der Waals surface area contributed by atoms with Gasteiger partial charge in [0.2, 0.25) is 5.95 Å². The second-order valence-electron chi connectivity index (χ2n) is 6.42. The van der Waals surface area contributed by atoms with Crippen LogP contribution in [0.4, 0.5) is 5.95 Å². The Morgan fingerprint density at radius 3 is 2.21 bits per heavy atom. The summed E-state index contributed by atoms with van der Waals surface area (Å²) in [6, 6.07) is 14.8. The number of imidazole rings is 1. The van der Waals surface area contributed by atoms with Gasteiger partial charge < -0.3 is 20.1 Å². The summed E-state index contributed by atoms with van der Waals surface area (Å²) < 4.78 is 3.19. The smallest absolute Gasteiger partial charge is 0.414 e. The van der Waals surface area contributed by atoms with Gasteiger partial charge in [-0.2, -0.15) is 0 Å². The van der Waals surface area contributed by atoms with Gasteiger partial charge in [0.05, 0.1) is 11.9 Å². The fourth-order valence-corrected chi connectivity index (χ4v) is 2.79. The number of carboxylic acids is 2. The lowest BCUT2D eigenvalue weighted by Crippen LogP contribution is -2.09. The fourth-order valence-electron chi connectivity index (χ4n) is 2.53. The maximum Gasteiger partial charge on any atom is 0.414 e. The summed E-state index contributed by atoms with van der Waals surface area (Å²) in [4.78, 5) is 22.7. The van der Waals surface area contributed by atoms with Crippen LogP contribution in [0.3, 0.4) is 0 Å². The highest BCUT2D eigenvalue weighted by atomic mass is 79.9. The Hall–Kier alpha value is -3.13. The first-order chi connectivity index (χ1) is 13.7. The average molecular weight is 460 g/mol. The highest BCUT2D eigenvalue weighted by Crippen LogP contribution is 2.24. The van der Waals surface area contributed by atoms with Crippen LogP contribution >= 0.6 is 15.9 Å². The third-order valence-corrected chi connectivity index (χ3v) is 4.87. The molecule has 8 heteroatoms. The van der Waals surface area contributed by atoms with E-state index >= 15 is 0 Å². The largest absolute Gasteiger partial charge is 0.473 e. The molecule has 2 aromatic carbocycles. The summed E-state index contributed by atoms with van der Waals surface area (Å²) in [5.74, 6) is -2.77. The predicted octanol–water partition coefficient (Wildman–Crippen LogP) is 4.23. The SMILES string of the molecule is Cc1ccc(-c2cnc(NCc3ccc(Br)cc3)n2C)cc1C.O=C(O)C(=O)O. The quantitative estimate of drug-likeness (QED) is 0.504. The van der Waals surface area contributed by atoms with E-state index in [1.165, 1.54) is 22.3 Å². The first-order valence-electron chi connectivity index (χ1n) is 8.73. The van der Waals surface area contributed by atoms with E-state index in [2.05, 4.69) is 87.1 Å². The molecule has 3 aromatic rings. The highest BCUT2D eigenvalue weighted by Gasteiger charge is 2.09. The third-order valence-electron chi connectivity index (χ3n) is 4.34. The van der Waals surface area contributed by atoms with E-state index in [1.807, 2.05) is 13.2 Å². The molecule has 0 unspecified atom stereocenters. The Morgan fingerprint density at radius 1 is 1.03 bits per heavy atom. The van der Waals surface area contributed by atoms with Crippen molar-refractivity contribution in [1.82, 2.24) is 9.55 Å². The Bertz CT molecular complexity index is 1000. The van der Waals surface area contributed by atoms with Gasteiger partial charge in [0.1, 0.15) is 0 Å². The normalized spacial score (nSPS) is 10.1. The molecule has 7 nitrogen and oxygen atoms in total. The summed E-state index contributed by atoms with van der Waals surface area (Å²) in [5, 5.41) is 18.2. The molecule has 0 atom stereocenters. The number of benzene rings is 2. The zero-order chi connectivity index (χ0) is 21.6. The molecule has 0 aliphatic heterocycles. The van der Waals surface area contributed by atoms with Gasteiger partial charge in [-0.25, -0.2) is 14.6 Å². The zero-order valence-electron chi connectivity index (χ0n) is 16.3. The molecular weight excluding hydrogens is 438 g/mol. The topological polar surface area (TPSA) is 104 Å². The van der Waals surface area contributed by atoms with Crippen LogP contribution in [-0.4, -0.2) is 31.7 Å². The second kappa shape index (κ2) is 9.88. The summed E-state index contributed by atoms with van der Waals surface area (Å²) >= 11 is 3.46. The Morgan fingerprint density at radius 2 is 1.66 bits per heavy atom. The number of nitrogens with one attached hydrogen (secondary N) is 1. The molecule has 3 N–H and O–H groups in total. The van der Waals surface area contributed by atoms with Crippen LogP contribution in [0.25, 0.3) is 11.3 Å². The van der Waals surface area contributed by atoms with E-state index in [1.54, 1.807) is 0 Å². The van der Waals surface area contributed by atoms with Gasteiger partial charge in [-0.05, 0) is 48.7 Å². The molecule has 29 heavy (non-hydrogen) atoms. The monoisotopic (exact) mass is 459 g/mol. The Kier molecular flexibility index (Phi) is 7.55. The number of carboxylic acid groups (broad SMARTS) is 2. The van der Waals surface area contributed by atoms with Crippen molar-refractivity contribution in [3.05, 3.63) is 69.8 Å². The number of anilines is 1. The van der Waals surface area contributed by atoms with Crippen molar-refractivity contribution in [3.63, 3.8) is 0 Å². The minimum Gasteiger partial charge on any atom is -0.473 e. The molecule has 1 aromatic heterocycles. The zero-order valence-corrected chi connectivity index (χ0v) is 17.9. The van der Waals surface area contributed by atoms with E-state index in [9.17, 15) is 0 Å². The van der Waals surface area contributed by atoms with Crippen LogP contribution in [0.1, 0.15) is 16.7 Å². The predicted molar refractivity (Wildman–Crippen MR) is 115 cm³/mol. The molecule has 0 radical (unpaired) electrons. The molecule has 0 fully saturated rings. The molecule has 152 valence electrons. The maximum atomic E-state index is 9.10. The fraction of sp³-hybridized carbons (Fsp3) is 0.190. The van der Waals surface area contributed by atoms with Crippen molar-refractivity contribution in [1.29, 1.82) is 0 Å². The molecule has 1 heterocycles. The number of hydrogen-bond donors (Lipinski definition) is 3. The van der Waals surface area contributed by atoms with Crippen molar-refractivity contribution < 1.29 is 19.8 Å². The average Bonchev–Trinajstić information content (AvgIpc) is 3.04. The Labute approximate surface area is 177 Å². The number of halogens is 1. The van der Waals surface area contributed by atoms with E-state index in [0.717, 1.165) is 22.7 Å². The summed E-state index contributed by atoms with van der Waals surface area (Å²) in [6.45, 7) is 5.03. The minimum absolute atomic E-state index is 0.754. The van der Waals surface area contributed by atoms with Crippen molar-refractivity contribution in [2.75, 3.05) is 5.32 Å². The van der Waals surface area contributed by atoms with Gasteiger partial charge >= 0.3 is 11.9 Å². The van der Waals surface area contributed by atoms with Gasteiger partial charge in [0.25, 0.3) is 0 Å². The van der Waals surface area contributed by atoms with Crippen LogP contribution in [0.15, 0.2) is 53.1 Å². The molecule has 0 saturated heterocycles. The number of rotatable bonds is 4. The van der Waals surface area contributed by atoms with Crippen molar-refractivity contribution in [2.45, 2.75) is 20.4 Å². The number of aromatic nitrogens is 2. The number of hydrogen-bond acceptors (Lipinski definition) is 4. The second-order valence-corrected chi connectivity index (χ2v) is 7.33. The minimum atomic E-state index is -1.82. The van der Waals surface area contributed by atoms with Gasteiger partial charge in [-0.1, -0.05) is 40.2 Å². The van der Waals surface area contributed by atoms with E-state index in [-0.39, 0.29) is 0 Å².